The van der Waals surface area contributed by atoms with Crippen molar-refractivity contribution in [1.29, 1.82) is 0 Å². The summed E-state index contributed by atoms with van der Waals surface area (Å²) in [7, 11) is 0. The summed E-state index contributed by atoms with van der Waals surface area (Å²) in [6.45, 7) is 0. The predicted octanol–water partition coefficient (Wildman–Crippen LogP) is 5.92. The molecule has 0 amide bonds. The van der Waals surface area contributed by atoms with Crippen LogP contribution >= 0.6 is 87.2 Å². The van der Waals surface area contributed by atoms with Crippen molar-refractivity contribution >= 4 is 87.2 Å². The van der Waals surface area contributed by atoms with Crippen LogP contribution in [-0.4, -0.2) is 0 Å². The summed E-state index contributed by atoms with van der Waals surface area (Å²) in [6.07, 6.45) is 0. The summed E-state index contributed by atoms with van der Waals surface area (Å²) in [4.78, 5) is 0. The standard InChI is InChI=1S/C6Br4Cl2O/c7-1-2(8)4(10)6(13-12)5(11)3(1)9. The van der Waals surface area contributed by atoms with Crippen LogP contribution in [0.5, 0.6) is 5.75 Å². The number of rotatable bonds is 1. The Hall–Kier alpha value is 1.52. The number of hydrogen-bond donors (Lipinski definition) is 0. The lowest BCUT2D eigenvalue weighted by Crippen LogP contribution is -1.85. The highest BCUT2D eigenvalue weighted by Gasteiger charge is 2.18. The van der Waals surface area contributed by atoms with Gasteiger partial charge in [0.15, 0.2) is 5.75 Å². The third-order valence-corrected chi connectivity index (χ3v) is 6.72. The smallest absolute Gasteiger partial charge is 0.181 e. The fourth-order valence-corrected chi connectivity index (χ4v) is 3.56. The quantitative estimate of drug-likeness (QED) is 0.360. The lowest BCUT2D eigenvalue weighted by molar-refractivity contribution is 0.614. The molecule has 0 unspecified atom stereocenters. The molecule has 0 fully saturated rings. The summed E-state index contributed by atoms with van der Waals surface area (Å²) in [5.74, 6) is 0.366. The second-order valence-corrected chi connectivity index (χ2v) is 5.68. The fraction of sp³-hybridized carbons (Fsp3) is 0. The minimum absolute atomic E-state index is 0.366. The van der Waals surface area contributed by atoms with E-state index in [1.807, 2.05) is 0 Å². The summed E-state index contributed by atoms with van der Waals surface area (Å²) in [5.41, 5.74) is 0. The van der Waals surface area contributed by atoms with Crippen LogP contribution in [0.15, 0.2) is 17.9 Å². The van der Waals surface area contributed by atoms with Crippen molar-refractivity contribution in [3.63, 3.8) is 0 Å². The van der Waals surface area contributed by atoms with Crippen LogP contribution in [0.2, 0.25) is 5.02 Å². The van der Waals surface area contributed by atoms with Crippen LogP contribution in [0.1, 0.15) is 0 Å². The molecule has 0 N–H and O–H groups in total. The van der Waals surface area contributed by atoms with Crippen LogP contribution in [0.4, 0.5) is 0 Å². The Kier molecular flexibility index (Phi) is 4.87. The van der Waals surface area contributed by atoms with Crippen LogP contribution in [0.25, 0.3) is 0 Å². The molecule has 0 saturated heterocycles. The molecular weight excluding hydrogens is 479 g/mol. The maximum absolute atomic E-state index is 5.94. The van der Waals surface area contributed by atoms with E-state index < -0.39 is 0 Å². The molecule has 0 heterocycles. The summed E-state index contributed by atoms with van der Waals surface area (Å²) in [6, 6.07) is 0. The zero-order chi connectivity index (χ0) is 10.2. The average molecular weight is 479 g/mol. The second kappa shape index (κ2) is 5.03. The zero-order valence-electron chi connectivity index (χ0n) is 5.68. The summed E-state index contributed by atoms with van der Waals surface area (Å²) in [5, 5.41) is 0.400. The first-order valence-corrected chi connectivity index (χ1v) is 6.66. The van der Waals surface area contributed by atoms with Crippen LogP contribution in [-0.2, 0) is 0 Å². The van der Waals surface area contributed by atoms with Gasteiger partial charge < -0.3 is 4.29 Å². The Morgan fingerprint density at radius 2 is 1.31 bits per heavy atom. The molecule has 7 heteroatoms. The van der Waals surface area contributed by atoms with E-state index in [-0.39, 0.29) is 0 Å². The molecule has 0 radical (unpaired) electrons. The summed E-state index contributed by atoms with van der Waals surface area (Å²) >= 11 is 24.4. The van der Waals surface area contributed by atoms with E-state index in [9.17, 15) is 0 Å². The van der Waals surface area contributed by atoms with Gasteiger partial charge in [0.25, 0.3) is 0 Å². The molecule has 0 atom stereocenters. The molecule has 1 nitrogen and oxygen atoms in total. The van der Waals surface area contributed by atoms with Gasteiger partial charge in [-0.05, 0) is 63.7 Å². The van der Waals surface area contributed by atoms with Crippen LogP contribution < -0.4 is 4.29 Å². The third-order valence-electron chi connectivity index (χ3n) is 1.25. The van der Waals surface area contributed by atoms with Gasteiger partial charge in [-0.15, -0.1) is 0 Å². The highest BCUT2D eigenvalue weighted by Crippen LogP contribution is 2.48. The average Bonchev–Trinajstić information content (AvgIpc) is 2.13. The fourth-order valence-electron chi connectivity index (χ4n) is 0.652. The molecule has 0 aromatic heterocycles. The Bertz CT molecular complexity index is 326. The highest BCUT2D eigenvalue weighted by atomic mass is 79.9. The van der Waals surface area contributed by atoms with E-state index in [4.69, 9.17) is 23.5 Å². The normalized spacial score (nSPS) is 10.3. The topological polar surface area (TPSA) is 9.23 Å². The van der Waals surface area contributed by atoms with Gasteiger partial charge in [0, 0.05) is 4.47 Å². The Labute approximate surface area is 119 Å². The first-order chi connectivity index (χ1) is 6.00. The predicted molar refractivity (Wildman–Crippen MR) is 68.7 cm³/mol. The van der Waals surface area contributed by atoms with E-state index in [2.05, 4.69) is 68.0 Å². The van der Waals surface area contributed by atoms with Gasteiger partial charge in [-0.25, -0.2) is 0 Å². The van der Waals surface area contributed by atoms with Crippen LogP contribution in [0.3, 0.4) is 0 Å². The number of benzene rings is 1. The number of halogens is 6. The van der Waals surface area contributed by atoms with Crippen molar-refractivity contribution in [2.45, 2.75) is 0 Å². The molecule has 0 aliphatic carbocycles. The van der Waals surface area contributed by atoms with Crippen molar-refractivity contribution in [2.24, 2.45) is 0 Å². The molecule has 72 valence electrons. The van der Waals surface area contributed by atoms with Gasteiger partial charge >= 0.3 is 0 Å². The Morgan fingerprint density at radius 1 is 0.846 bits per heavy atom. The lowest BCUT2D eigenvalue weighted by Gasteiger charge is -2.09. The maximum Gasteiger partial charge on any atom is 0.181 e. The number of hydrogen-bond acceptors (Lipinski definition) is 1. The van der Waals surface area contributed by atoms with Gasteiger partial charge in [-0.1, -0.05) is 11.6 Å². The van der Waals surface area contributed by atoms with E-state index in [1.165, 1.54) is 0 Å². The van der Waals surface area contributed by atoms with Crippen LogP contribution in [0, 0.1) is 0 Å². The van der Waals surface area contributed by atoms with Crippen molar-refractivity contribution in [3.05, 3.63) is 22.9 Å². The first kappa shape index (κ1) is 12.6. The van der Waals surface area contributed by atoms with E-state index >= 15 is 0 Å². The maximum atomic E-state index is 5.94. The lowest BCUT2D eigenvalue weighted by atomic mass is 10.3. The molecule has 0 saturated carbocycles. The minimum atomic E-state index is 0.366. The molecule has 1 aromatic carbocycles. The molecule has 1 aromatic rings. The molecule has 0 spiro atoms. The molecule has 13 heavy (non-hydrogen) atoms. The molecule has 0 aliphatic rings. The molecule has 0 bridgehead atoms. The van der Waals surface area contributed by atoms with E-state index in [0.29, 0.717) is 19.7 Å². The van der Waals surface area contributed by atoms with Crippen molar-refractivity contribution in [2.75, 3.05) is 0 Å². The van der Waals surface area contributed by atoms with Gasteiger partial charge in [0.05, 0.1) is 13.4 Å². The van der Waals surface area contributed by atoms with Gasteiger partial charge in [-0.2, -0.15) is 0 Å². The van der Waals surface area contributed by atoms with E-state index in [1.54, 1.807) is 0 Å². The van der Waals surface area contributed by atoms with Crippen molar-refractivity contribution < 1.29 is 4.29 Å². The SMILES string of the molecule is ClOc1c(Cl)c(Br)c(Br)c(Br)c1Br. The molecular formula is C6Br4Cl2O. The third kappa shape index (κ3) is 2.37. The molecule has 1 rings (SSSR count). The van der Waals surface area contributed by atoms with Crippen molar-refractivity contribution in [3.8, 4) is 5.75 Å². The minimum Gasteiger partial charge on any atom is -0.383 e. The highest BCUT2D eigenvalue weighted by molar-refractivity contribution is 9.15. The van der Waals surface area contributed by atoms with Gasteiger partial charge in [-0.3, -0.25) is 0 Å². The largest absolute Gasteiger partial charge is 0.383 e. The van der Waals surface area contributed by atoms with E-state index in [0.717, 1.165) is 8.95 Å². The Morgan fingerprint density at radius 3 is 1.77 bits per heavy atom. The van der Waals surface area contributed by atoms with Gasteiger partial charge in [0.2, 0.25) is 0 Å². The molecule has 0 aliphatic heterocycles. The Balaban J connectivity index is 3.56. The zero-order valence-corrected chi connectivity index (χ0v) is 13.5. The first-order valence-electron chi connectivity index (χ1n) is 2.80. The van der Waals surface area contributed by atoms with Gasteiger partial charge in [0.1, 0.15) is 16.9 Å². The second-order valence-electron chi connectivity index (χ2n) is 1.98. The monoisotopic (exact) mass is 474 g/mol. The van der Waals surface area contributed by atoms with Crippen molar-refractivity contribution in [1.82, 2.24) is 0 Å². The summed E-state index contributed by atoms with van der Waals surface area (Å²) < 4.78 is 7.51.